The van der Waals surface area contributed by atoms with Crippen LogP contribution in [0.4, 0.5) is 0 Å². The number of benzene rings is 2. The minimum absolute atomic E-state index is 0. The standard InChI is InChI=1S/C23H30N2OS.ClH/c1-16-7-8-22(17(2)13-16)27-15-19-5-4-6-21(14-19)23(26)25-11-9-20(10-12-25)18(3)24;/h4-8,13-14,18,20H,9-12,15,24H2,1-3H3;1H. The molecule has 3 rings (SSSR count). The number of piperidine rings is 1. The molecule has 0 spiro atoms. The van der Waals surface area contributed by atoms with Crippen LogP contribution in [-0.4, -0.2) is 29.9 Å². The van der Waals surface area contributed by atoms with Gasteiger partial charge in [-0.15, -0.1) is 24.2 Å². The number of thioether (sulfide) groups is 1. The van der Waals surface area contributed by atoms with E-state index in [1.165, 1.54) is 21.6 Å². The fourth-order valence-electron chi connectivity index (χ4n) is 3.73. The van der Waals surface area contributed by atoms with Crippen molar-refractivity contribution in [2.24, 2.45) is 11.7 Å². The minimum Gasteiger partial charge on any atom is -0.339 e. The number of hydrogen-bond acceptors (Lipinski definition) is 3. The van der Waals surface area contributed by atoms with Crippen molar-refractivity contribution in [2.45, 2.75) is 50.3 Å². The van der Waals surface area contributed by atoms with Crippen LogP contribution >= 0.6 is 24.2 Å². The number of carbonyl (C=O) groups excluding carboxylic acids is 1. The van der Waals surface area contributed by atoms with Crippen molar-refractivity contribution in [3.05, 3.63) is 64.7 Å². The zero-order chi connectivity index (χ0) is 19.4. The summed E-state index contributed by atoms with van der Waals surface area (Å²) in [5.74, 6) is 1.56. The van der Waals surface area contributed by atoms with Gasteiger partial charge in [0.15, 0.2) is 0 Å². The Labute approximate surface area is 179 Å². The summed E-state index contributed by atoms with van der Waals surface area (Å²) in [6.07, 6.45) is 2.01. The molecule has 0 saturated carbocycles. The molecule has 0 aromatic heterocycles. The van der Waals surface area contributed by atoms with E-state index in [9.17, 15) is 4.79 Å². The fraction of sp³-hybridized carbons (Fsp3) is 0.435. The molecule has 1 heterocycles. The predicted molar refractivity (Wildman–Crippen MR) is 121 cm³/mol. The number of likely N-dealkylation sites (tertiary alicyclic amines) is 1. The molecule has 2 N–H and O–H groups in total. The zero-order valence-electron chi connectivity index (χ0n) is 17.0. The zero-order valence-corrected chi connectivity index (χ0v) is 18.6. The van der Waals surface area contributed by atoms with Gasteiger partial charge in [-0.05, 0) is 68.9 Å². The molecular formula is C23H31ClN2OS. The van der Waals surface area contributed by atoms with Crippen LogP contribution in [0.25, 0.3) is 0 Å². The molecule has 1 aliphatic heterocycles. The van der Waals surface area contributed by atoms with Gasteiger partial charge in [0.25, 0.3) is 5.91 Å². The van der Waals surface area contributed by atoms with Crippen LogP contribution in [0.5, 0.6) is 0 Å². The molecule has 2 aromatic rings. The molecular weight excluding hydrogens is 388 g/mol. The van der Waals surface area contributed by atoms with Gasteiger partial charge < -0.3 is 10.6 Å². The average Bonchev–Trinajstić information content (AvgIpc) is 2.67. The van der Waals surface area contributed by atoms with Crippen molar-refractivity contribution < 1.29 is 4.79 Å². The van der Waals surface area contributed by atoms with Crippen LogP contribution in [-0.2, 0) is 5.75 Å². The van der Waals surface area contributed by atoms with E-state index in [0.29, 0.717) is 5.92 Å². The second-order valence-corrected chi connectivity index (χ2v) is 8.76. The number of rotatable bonds is 5. The highest BCUT2D eigenvalue weighted by atomic mass is 35.5. The molecule has 152 valence electrons. The number of nitrogens with two attached hydrogens (primary N) is 1. The lowest BCUT2D eigenvalue weighted by Gasteiger charge is -2.33. The fourth-order valence-corrected chi connectivity index (χ4v) is 4.68. The van der Waals surface area contributed by atoms with Crippen LogP contribution in [0, 0.1) is 19.8 Å². The Morgan fingerprint density at radius 2 is 1.89 bits per heavy atom. The topological polar surface area (TPSA) is 46.3 Å². The van der Waals surface area contributed by atoms with Crippen molar-refractivity contribution >= 4 is 30.1 Å². The molecule has 1 fully saturated rings. The number of halogens is 1. The molecule has 1 amide bonds. The van der Waals surface area contributed by atoms with E-state index in [0.717, 1.165) is 37.2 Å². The largest absolute Gasteiger partial charge is 0.339 e. The molecule has 1 atom stereocenters. The minimum atomic E-state index is 0. The highest BCUT2D eigenvalue weighted by molar-refractivity contribution is 7.98. The van der Waals surface area contributed by atoms with E-state index in [-0.39, 0.29) is 24.4 Å². The van der Waals surface area contributed by atoms with E-state index in [1.807, 2.05) is 28.8 Å². The van der Waals surface area contributed by atoms with Crippen molar-refractivity contribution in [3.63, 3.8) is 0 Å². The van der Waals surface area contributed by atoms with E-state index in [2.05, 4.69) is 51.1 Å². The number of nitrogens with zero attached hydrogens (tertiary/aromatic N) is 1. The maximum Gasteiger partial charge on any atom is 0.253 e. The summed E-state index contributed by atoms with van der Waals surface area (Å²) >= 11 is 1.83. The van der Waals surface area contributed by atoms with Gasteiger partial charge in [-0.1, -0.05) is 29.8 Å². The molecule has 1 saturated heterocycles. The summed E-state index contributed by atoms with van der Waals surface area (Å²) in [5.41, 5.74) is 10.6. The average molecular weight is 419 g/mol. The quantitative estimate of drug-likeness (QED) is 0.677. The van der Waals surface area contributed by atoms with Gasteiger partial charge in [0, 0.05) is 35.3 Å². The Kier molecular flexibility index (Phi) is 8.41. The summed E-state index contributed by atoms with van der Waals surface area (Å²) in [6.45, 7) is 7.97. The van der Waals surface area contributed by atoms with Crippen molar-refractivity contribution in [2.75, 3.05) is 13.1 Å². The van der Waals surface area contributed by atoms with E-state index in [1.54, 1.807) is 0 Å². The summed E-state index contributed by atoms with van der Waals surface area (Å²) in [7, 11) is 0. The molecule has 3 nitrogen and oxygen atoms in total. The summed E-state index contributed by atoms with van der Waals surface area (Å²) in [6, 6.07) is 14.9. The highest BCUT2D eigenvalue weighted by Gasteiger charge is 2.25. The molecule has 0 aliphatic carbocycles. The first kappa shape index (κ1) is 22.8. The van der Waals surface area contributed by atoms with Gasteiger partial charge in [0.1, 0.15) is 0 Å². The Balaban J connectivity index is 0.00000280. The van der Waals surface area contributed by atoms with Gasteiger partial charge >= 0.3 is 0 Å². The molecule has 1 aliphatic rings. The number of carbonyl (C=O) groups is 1. The molecule has 2 aromatic carbocycles. The molecule has 5 heteroatoms. The van der Waals surface area contributed by atoms with Gasteiger partial charge in [0.2, 0.25) is 0 Å². The van der Waals surface area contributed by atoms with Gasteiger partial charge in [-0.2, -0.15) is 0 Å². The van der Waals surface area contributed by atoms with Crippen molar-refractivity contribution in [3.8, 4) is 0 Å². The monoisotopic (exact) mass is 418 g/mol. The van der Waals surface area contributed by atoms with Crippen LogP contribution in [0.3, 0.4) is 0 Å². The molecule has 0 bridgehead atoms. The summed E-state index contributed by atoms with van der Waals surface area (Å²) in [4.78, 5) is 16.2. The summed E-state index contributed by atoms with van der Waals surface area (Å²) in [5, 5.41) is 0. The van der Waals surface area contributed by atoms with Gasteiger partial charge in [-0.3, -0.25) is 4.79 Å². The number of aryl methyl sites for hydroxylation is 2. The van der Waals surface area contributed by atoms with Gasteiger partial charge in [-0.25, -0.2) is 0 Å². The third kappa shape index (κ3) is 5.76. The first-order chi connectivity index (χ1) is 12.9. The normalized spacial score (nSPS) is 15.8. The van der Waals surface area contributed by atoms with E-state index < -0.39 is 0 Å². The lowest BCUT2D eigenvalue weighted by molar-refractivity contribution is 0.0681. The van der Waals surface area contributed by atoms with E-state index >= 15 is 0 Å². The summed E-state index contributed by atoms with van der Waals surface area (Å²) < 4.78 is 0. The number of amides is 1. The van der Waals surface area contributed by atoms with Gasteiger partial charge in [0.05, 0.1) is 0 Å². The Bertz CT molecular complexity index is 801. The Hall–Kier alpha value is -1.49. The molecule has 28 heavy (non-hydrogen) atoms. The first-order valence-electron chi connectivity index (χ1n) is 9.78. The van der Waals surface area contributed by atoms with Crippen molar-refractivity contribution in [1.29, 1.82) is 0 Å². The maximum absolute atomic E-state index is 12.9. The third-order valence-corrected chi connectivity index (χ3v) is 6.72. The van der Waals surface area contributed by atoms with Crippen LogP contribution < -0.4 is 5.73 Å². The maximum atomic E-state index is 12.9. The lowest BCUT2D eigenvalue weighted by atomic mass is 9.90. The first-order valence-corrected chi connectivity index (χ1v) is 10.8. The predicted octanol–water partition coefficient (Wildman–Crippen LogP) is 5.22. The Morgan fingerprint density at radius 1 is 1.18 bits per heavy atom. The molecule has 0 radical (unpaired) electrons. The van der Waals surface area contributed by atoms with E-state index in [4.69, 9.17) is 5.73 Å². The van der Waals surface area contributed by atoms with Crippen LogP contribution in [0.15, 0.2) is 47.4 Å². The van der Waals surface area contributed by atoms with Crippen molar-refractivity contribution in [1.82, 2.24) is 4.90 Å². The lowest BCUT2D eigenvalue weighted by Crippen LogP contribution is -2.42. The second-order valence-electron chi connectivity index (χ2n) is 7.75. The smallest absolute Gasteiger partial charge is 0.253 e. The highest BCUT2D eigenvalue weighted by Crippen LogP contribution is 2.27. The number of hydrogen-bond donors (Lipinski definition) is 1. The third-order valence-electron chi connectivity index (χ3n) is 5.47. The second kappa shape index (κ2) is 10.3. The molecule has 1 unspecified atom stereocenters. The SMILES string of the molecule is Cc1ccc(SCc2cccc(C(=O)N3CCC(C(C)N)CC3)c2)c(C)c1.Cl. The Morgan fingerprint density at radius 3 is 2.54 bits per heavy atom. The van der Waals surface area contributed by atoms with Crippen LogP contribution in [0.1, 0.15) is 46.8 Å². The van der Waals surface area contributed by atoms with Crippen LogP contribution in [0.2, 0.25) is 0 Å².